The Kier molecular flexibility index (Phi) is 4.21. The van der Waals surface area contributed by atoms with Crippen molar-refractivity contribution in [1.82, 2.24) is 9.47 Å². The van der Waals surface area contributed by atoms with Gasteiger partial charge in [-0.3, -0.25) is 14.5 Å². The van der Waals surface area contributed by atoms with E-state index in [1.165, 1.54) is 7.11 Å². The van der Waals surface area contributed by atoms with Crippen molar-refractivity contribution in [3.63, 3.8) is 0 Å². The van der Waals surface area contributed by atoms with E-state index < -0.39 is 0 Å². The van der Waals surface area contributed by atoms with Gasteiger partial charge in [0.05, 0.1) is 12.8 Å². The van der Waals surface area contributed by atoms with E-state index >= 15 is 0 Å². The number of pyridine rings is 1. The molecule has 0 bridgehead atoms. The van der Waals surface area contributed by atoms with Gasteiger partial charge in [0.1, 0.15) is 6.04 Å². The third-order valence-corrected chi connectivity index (χ3v) is 3.51. The fraction of sp³-hybridized carbons (Fsp3) is 0.538. The summed E-state index contributed by atoms with van der Waals surface area (Å²) in [5, 5.41) is 0. The predicted molar refractivity (Wildman–Crippen MR) is 71.7 cm³/mol. The van der Waals surface area contributed by atoms with Crippen LogP contribution in [0.5, 0.6) is 0 Å². The van der Waals surface area contributed by atoms with Crippen molar-refractivity contribution in [3.05, 3.63) is 28.7 Å². The average molecular weight is 265 g/mol. The maximum Gasteiger partial charge on any atom is 0.323 e. The van der Waals surface area contributed by atoms with Gasteiger partial charge in [0.2, 0.25) is 0 Å². The molecule has 0 saturated carbocycles. The van der Waals surface area contributed by atoms with E-state index in [0.29, 0.717) is 13.1 Å². The molecule has 1 aromatic rings. The van der Waals surface area contributed by atoms with Crippen LogP contribution < -0.4 is 11.3 Å². The molecule has 104 valence electrons. The van der Waals surface area contributed by atoms with E-state index in [9.17, 15) is 9.59 Å². The van der Waals surface area contributed by atoms with Gasteiger partial charge >= 0.3 is 5.97 Å². The van der Waals surface area contributed by atoms with Crippen molar-refractivity contribution in [2.24, 2.45) is 0 Å². The number of nitrogens with two attached hydrogens (primary N) is 1. The number of nitrogens with zero attached hydrogens (tertiary/aromatic N) is 2. The van der Waals surface area contributed by atoms with Gasteiger partial charge in [-0.2, -0.15) is 0 Å². The molecule has 19 heavy (non-hydrogen) atoms. The Labute approximate surface area is 111 Å². The number of rotatable bonds is 4. The minimum atomic E-state index is -0.197. The number of hydrogen-bond donors (Lipinski definition) is 1. The summed E-state index contributed by atoms with van der Waals surface area (Å²) < 4.78 is 6.36. The molecule has 2 N–H and O–H groups in total. The molecule has 0 aliphatic carbocycles. The molecule has 2 rings (SSSR count). The van der Waals surface area contributed by atoms with Gasteiger partial charge in [-0.15, -0.1) is 0 Å². The number of carbonyl (C=O) groups is 1. The molecule has 1 aliphatic heterocycles. The molecular formula is C13H19N3O3. The Morgan fingerprint density at radius 2 is 2.32 bits per heavy atom. The zero-order chi connectivity index (χ0) is 13.8. The van der Waals surface area contributed by atoms with Gasteiger partial charge in [-0.25, -0.2) is 0 Å². The number of nitrogen functional groups attached to an aromatic ring is 1. The molecule has 0 amide bonds. The van der Waals surface area contributed by atoms with Gasteiger partial charge in [-0.1, -0.05) is 0 Å². The molecule has 0 radical (unpaired) electrons. The average Bonchev–Trinajstić information content (AvgIpc) is 2.88. The van der Waals surface area contributed by atoms with Crippen molar-refractivity contribution in [3.8, 4) is 0 Å². The van der Waals surface area contributed by atoms with Crippen LogP contribution in [0, 0.1) is 0 Å². The first-order valence-corrected chi connectivity index (χ1v) is 6.40. The van der Waals surface area contributed by atoms with Gasteiger partial charge < -0.3 is 15.0 Å². The van der Waals surface area contributed by atoms with Crippen molar-refractivity contribution in [2.45, 2.75) is 25.4 Å². The summed E-state index contributed by atoms with van der Waals surface area (Å²) in [4.78, 5) is 25.4. The summed E-state index contributed by atoms with van der Waals surface area (Å²) in [6.07, 6.45) is 3.51. The van der Waals surface area contributed by atoms with Crippen LogP contribution in [0.3, 0.4) is 0 Å². The summed E-state index contributed by atoms with van der Waals surface area (Å²) >= 11 is 0. The molecule has 2 heterocycles. The quantitative estimate of drug-likeness (QED) is 0.779. The highest BCUT2D eigenvalue weighted by Gasteiger charge is 2.30. The summed E-state index contributed by atoms with van der Waals surface area (Å²) in [6.45, 7) is 2.03. The van der Waals surface area contributed by atoms with Crippen LogP contribution >= 0.6 is 0 Å². The molecule has 0 aromatic carbocycles. The molecule has 1 saturated heterocycles. The second-order valence-electron chi connectivity index (χ2n) is 4.68. The van der Waals surface area contributed by atoms with Crippen LogP contribution in [0.4, 0.5) is 5.69 Å². The topological polar surface area (TPSA) is 77.6 Å². The Hall–Kier alpha value is -1.82. The largest absolute Gasteiger partial charge is 0.468 e. The summed E-state index contributed by atoms with van der Waals surface area (Å²) in [5.74, 6) is -0.197. The van der Waals surface area contributed by atoms with Crippen molar-refractivity contribution < 1.29 is 9.53 Å². The molecule has 1 aliphatic rings. The lowest BCUT2D eigenvalue weighted by Gasteiger charge is -2.22. The first kappa shape index (κ1) is 13.6. The lowest BCUT2D eigenvalue weighted by Crippen LogP contribution is -2.39. The monoisotopic (exact) mass is 265 g/mol. The third-order valence-electron chi connectivity index (χ3n) is 3.51. The van der Waals surface area contributed by atoms with Gasteiger partial charge in [-0.05, 0) is 31.5 Å². The molecule has 1 fully saturated rings. The first-order valence-electron chi connectivity index (χ1n) is 6.40. The second kappa shape index (κ2) is 5.88. The van der Waals surface area contributed by atoms with Gasteiger partial charge in [0.25, 0.3) is 5.56 Å². The minimum absolute atomic E-state index is 0.179. The van der Waals surface area contributed by atoms with Crippen molar-refractivity contribution in [1.29, 1.82) is 0 Å². The molecule has 1 aromatic heterocycles. The van der Waals surface area contributed by atoms with Gasteiger partial charge in [0.15, 0.2) is 0 Å². The number of anilines is 1. The number of esters is 1. The molecular weight excluding hydrogens is 246 g/mol. The number of ether oxygens (including phenoxy) is 1. The normalized spacial score (nSPS) is 19.5. The minimum Gasteiger partial charge on any atom is -0.468 e. The highest BCUT2D eigenvalue weighted by atomic mass is 16.5. The molecule has 0 spiro atoms. The number of hydrogen-bond acceptors (Lipinski definition) is 5. The van der Waals surface area contributed by atoms with E-state index in [-0.39, 0.29) is 23.3 Å². The fourth-order valence-corrected chi connectivity index (χ4v) is 2.46. The summed E-state index contributed by atoms with van der Waals surface area (Å²) in [5.41, 5.74) is 5.64. The maximum absolute atomic E-state index is 11.8. The molecule has 6 nitrogen and oxygen atoms in total. The Bertz CT molecular complexity index is 512. The highest BCUT2D eigenvalue weighted by Crippen LogP contribution is 2.17. The maximum atomic E-state index is 11.8. The van der Waals surface area contributed by atoms with Crippen LogP contribution in [0.15, 0.2) is 23.1 Å². The van der Waals surface area contributed by atoms with Crippen molar-refractivity contribution in [2.75, 3.05) is 25.9 Å². The number of aromatic nitrogens is 1. The Balaban J connectivity index is 2.00. The lowest BCUT2D eigenvalue weighted by atomic mass is 10.2. The van der Waals surface area contributed by atoms with E-state index in [4.69, 9.17) is 10.5 Å². The molecule has 1 atom stereocenters. The van der Waals surface area contributed by atoms with Crippen LogP contribution in [-0.2, 0) is 16.1 Å². The predicted octanol–water partition coefficient (Wildman–Crippen LogP) is 0.0679. The van der Waals surface area contributed by atoms with Crippen LogP contribution in [0.2, 0.25) is 0 Å². The second-order valence-corrected chi connectivity index (χ2v) is 4.68. The zero-order valence-electron chi connectivity index (χ0n) is 11.0. The highest BCUT2D eigenvalue weighted by molar-refractivity contribution is 5.75. The standard InChI is InChI=1S/C13H19N3O3/c1-19-13(18)11-5-3-6-15(11)8-9-16-7-2-4-10(14)12(16)17/h2,4,7,11H,3,5-6,8-9,14H2,1H3. The summed E-state index contributed by atoms with van der Waals surface area (Å²) in [6, 6.07) is 3.16. The van der Waals surface area contributed by atoms with E-state index in [0.717, 1.165) is 19.4 Å². The number of likely N-dealkylation sites (tertiary alicyclic amines) is 1. The molecule has 6 heteroatoms. The van der Waals surface area contributed by atoms with E-state index in [1.807, 2.05) is 0 Å². The fourth-order valence-electron chi connectivity index (χ4n) is 2.46. The van der Waals surface area contributed by atoms with E-state index in [1.54, 1.807) is 22.9 Å². The van der Waals surface area contributed by atoms with Crippen LogP contribution in [0.25, 0.3) is 0 Å². The Morgan fingerprint density at radius 3 is 3.05 bits per heavy atom. The Morgan fingerprint density at radius 1 is 1.53 bits per heavy atom. The SMILES string of the molecule is COC(=O)C1CCCN1CCn1cccc(N)c1=O. The van der Waals surface area contributed by atoms with E-state index in [2.05, 4.69) is 4.90 Å². The third kappa shape index (κ3) is 2.96. The van der Waals surface area contributed by atoms with Gasteiger partial charge in [0, 0.05) is 19.3 Å². The number of carbonyl (C=O) groups excluding carboxylic acids is 1. The van der Waals surface area contributed by atoms with Crippen molar-refractivity contribution >= 4 is 11.7 Å². The lowest BCUT2D eigenvalue weighted by molar-refractivity contribution is -0.145. The summed E-state index contributed by atoms with van der Waals surface area (Å²) in [7, 11) is 1.40. The smallest absolute Gasteiger partial charge is 0.323 e. The molecule has 1 unspecified atom stereocenters. The van der Waals surface area contributed by atoms with Crippen LogP contribution in [0.1, 0.15) is 12.8 Å². The number of methoxy groups -OCH3 is 1. The first-order chi connectivity index (χ1) is 9.13. The zero-order valence-corrected chi connectivity index (χ0v) is 11.0. The van der Waals surface area contributed by atoms with Crippen LogP contribution in [-0.4, -0.2) is 41.7 Å².